The first kappa shape index (κ1) is 28.5. The Morgan fingerprint density at radius 3 is 1.38 bits per heavy atom. The van der Waals surface area contributed by atoms with Gasteiger partial charge in [-0.2, -0.15) is 0 Å². The lowest BCUT2D eigenvalue weighted by Gasteiger charge is -2.28. The molecule has 0 aromatic heterocycles. The van der Waals surface area contributed by atoms with Crippen molar-refractivity contribution in [3.05, 3.63) is 199 Å². The minimum atomic E-state index is 0.352. The van der Waals surface area contributed by atoms with E-state index in [0.29, 0.717) is 5.92 Å². The summed E-state index contributed by atoms with van der Waals surface area (Å²) in [5.41, 5.74) is 9.82. The lowest BCUT2D eigenvalue weighted by Crippen LogP contribution is -2.17. The molecule has 0 bridgehead atoms. The van der Waals surface area contributed by atoms with Crippen molar-refractivity contribution in [3.8, 4) is 22.3 Å². The highest BCUT2D eigenvalue weighted by molar-refractivity contribution is 6.21. The Hall–Kier alpha value is -5.92. The summed E-state index contributed by atoms with van der Waals surface area (Å²) in [6.07, 6.45) is 12.5. The molecule has 224 valence electrons. The van der Waals surface area contributed by atoms with Crippen LogP contribution >= 0.6 is 0 Å². The maximum absolute atomic E-state index is 2.35. The van der Waals surface area contributed by atoms with Crippen LogP contribution in [0.4, 0.5) is 11.4 Å². The van der Waals surface area contributed by atoms with E-state index in [4.69, 9.17) is 0 Å². The Labute approximate surface area is 277 Å². The molecule has 0 radical (unpaired) electrons. The van der Waals surface area contributed by atoms with Crippen molar-refractivity contribution in [1.82, 2.24) is 0 Å². The molecule has 7 aromatic carbocycles. The number of rotatable bonds is 7. The highest BCUT2D eigenvalue weighted by Crippen LogP contribution is 2.43. The van der Waals surface area contributed by atoms with Crippen LogP contribution in [0.2, 0.25) is 0 Å². The molecule has 1 heteroatoms. The molecular formula is C46H35N. The number of hydrogen-bond acceptors (Lipinski definition) is 1. The number of anilines is 2. The number of allylic oxidation sites excluding steroid dienone is 4. The van der Waals surface area contributed by atoms with Gasteiger partial charge in [0, 0.05) is 17.1 Å². The summed E-state index contributed by atoms with van der Waals surface area (Å²) in [5.74, 6) is 0.352. The van der Waals surface area contributed by atoms with Crippen molar-refractivity contribution in [2.45, 2.75) is 6.42 Å². The van der Waals surface area contributed by atoms with E-state index in [9.17, 15) is 0 Å². The normalized spacial score (nSPS) is 14.5. The Morgan fingerprint density at radius 1 is 0.468 bits per heavy atom. The summed E-state index contributed by atoms with van der Waals surface area (Å²) >= 11 is 0. The molecule has 0 spiro atoms. The molecule has 47 heavy (non-hydrogen) atoms. The third kappa shape index (κ3) is 5.69. The maximum atomic E-state index is 2.35. The van der Waals surface area contributed by atoms with Crippen LogP contribution in [0.1, 0.15) is 12.0 Å². The van der Waals surface area contributed by atoms with Crippen molar-refractivity contribution in [2.24, 2.45) is 5.92 Å². The fraction of sp³-hybridized carbons (Fsp3) is 0.0435. The second-order valence-electron chi connectivity index (χ2n) is 12.1. The van der Waals surface area contributed by atoms with Crippen molar-refractivity contribution in [3.63, 3.8) is 0 Å². The topological polar surface area (TPSA) is 3.24 Å². The zero-order valence-electron chi connectivity index (χ0n) is 26.2. The van der Waals surface area contributed by atoms with E-state index < -0.39 is 0 Å². The van der Waals surface area contributed by atoms with Crippen LogP contribution in [0, 0.1) is 5.92 Å². The molecular weight excluding hydrogens is 567 g/mol. The van der Waals surface area contributed by atoms with E-state index in [2.05, 4.69) is 199 Å². The molecule has 8 rings (SSSR count). The minimum Gasteiger partial charge on any atom is -0.311 e. The van der Waals surface area contributed by atoms with Crippen LogP contribution in [0.15, 0.2) is 194 Å². The molecule has 7 aromatic rings. The van der Waals surface area contributed by atoms with Crippen LogP contribution in [0.3, 0.4) is 0 Å². The fourth-order valence-corrected chi connectivity index (χ4v) is 6.89. The average Bonchev–Trinajstić information content (AvgIpc) is 3.15. The first-order valence-electron chi connectivity index (χ1n) is 16.4. The Bertz CT molecular complexity index is 2150. The number of nitrogens with zero attached hydrogens (tertiary/aromatic N) is 1. The van der Waals surface area contributed by atoms with Gasteiger partial charge in [0.25, 0.3) is 0 Å². The van der Waals surface area contributed by atoms with Gasteiger partial charge in [-0.25, -0.2) is 0 Å². The first-order chi connectivity index (χ1) is 23.3. The lowest BCUT2D eigenvalue weighted by molar-refractivity contribution is 0.813. The second kappa shape index (κ2) is 12.8. The minimum absolute atomic E-state index is 0.352. The predicted octanol–water partition coefficient (Wildman–Crippen LogP) is 12.6. The second-order valence-corrected chi connectivity index (χ2v) is 12.1. The molecule has 0 aliphatic heterocycles. The molecule has 0 fully saturated rings. The summed E-state index contributed by atoms with van der Waals surface area (Å²) in [7, 11) is 0. The number of para-hydroxylation sites is 2. The molecule has 0 saturated heterocycles. The Balaban J connectivity index is 1.07. The van der Waals surface area contributed by atoms with Crippen LogP contribution < -0.4 is 4.90 Å². The summed E-state index contributed by atoms with van der Waals surface area (Å²) in [4.78, 5) is 2.33. The van der Waals surface area contributed by atoms with E-state index in [1.54, 1.807) is 0 Å². The Morgan fingerprint density at radius 2 is 0.915 bits per heavy atom. The van der Waals surface area contributed by atoms with E-state index in [1.807, 2.05) is 0 Å². The summed E-state index contributed by atoms with van der Waals surface area (Å²) in [5, 5.41) is 5.13. The van der Waals surface area contributed by atoms with Gasteiger partial charge < -0.3 is 4.90 Å². The largest absolute Gasteiger partial charge is 0.311 e. The lowest BCUT2D eigenvalue weighted by atomic mass is 9.86. The Kier molecular flexibility index (Phi) is 7.79. The fourth-order valence-electron chi connectivity index (χ4n) is 6.89. The highest BCUT2D eigenvalue weighted by Gasteiger charge is 2.17. The molecule has 1 aliphatic carbocycles. The van der Waals surface area contributed by atoms with Crippen molar-refractivity contribution in [1.29, 1.82) is 0 Å². The molecule has 0 N–H and O–H groups in total. The molecule has 1 unspecified atom stereocenters. The van der Waals surface area contributed by atoms with Gasteiger partial charge in [-0.05, 0) is 92.0 Å². The third-order valence-electron chi connectivity index (χ3n) is 9.13. The highest BCUT2D eigenvalue weighted by atomic mass is 15.1. The zero-order chi connectivity index (χ0) is 31.4. The molecule has 0 amide bonds. The molecule has 0 heterocycles. The van der Waals surface area contributed by atoms with Crippen LogP contribution in [-0.4, -0.2) is 0 Å². The molecule has 0 saturated carbocycles. The molecule has 1 aliphatic rings. The van der Waals surface area contributed by atoms with Gasteiger partial charge in [-0.1, -0.05) is 164 Å². The van der Waals surface area contributed by atoms with Crippen LogP contribution in [0.5, 0.6) is 0 Å². The van der Waals surface area contributed by atoms with Gasteiger partial charge in [0.1, 0.15) is 0 Å². The van der Waals surface area contributed by atoms with Crippen molar-refractivity contribution >= 4 is 39.0 Å². The summed E-state index contributed by atoms with van der Waals surface area (Å²) in [6, 6.07) is 58.7. The van der Waals surface area contributed by atoms with Crippen molar-refractivity contribution in [2.75, 3.05) is 4.90 Å². The molecule has 1 nitrogen and oxygen atoms in total. The van der Waals surface area contributed by atoms with E-state index >= 15 is 0 Å². The third-order valence-corrected chi connectivity index (χ3v) is 9.13. The van der Waals surface area contributed by atoms with Gasteiger partial charge in [0.05, 0.1) is 0 Å². The zero-order valence-corrected chi connectivity index (χ0v) is 26.2. The van der Waals surface area contributed by atoms with Crippen LogP contribution in [0.25, 0.3) is 49.9 Å². The first-order valence-corrected chi connectivity index (χ1v) is 16.4. The SMILES string of the molecule is C1=CC(/C=C/c2ccc(-c3c4ccccc4c(-c4ccccc4)c4ccccc34)cc2)CC=C1N(c1ccccc1)c1ccccc1. The number of benzene rings is 7. The van der Waals surface area contributed by atoms with Gasteiger partial charge >= 0.3 is 0 Å². The monoisotopic (exact) mass is 601 g/mol. The van der Waals surface area contributed by atoms with Gasteiger partial charge in [0.2, 0.25) is 0 Å². The maximum Gasteiger partial charge on any atom is 0.0461 e. The standard InChI is InChI=1S/C46H35N/c1-4-14-36(15-5-1)45-41-20-10-12-22-43(41)46(44-23-13-11-21-42(44)45)37-30-26-34(27-31-37)24-25-35-28-32-40(33-29-35)47(38-16-6-2-7-17-38)39-18-8-3-9-19-39/h1-28,30-33,35H,29H2/b25-24+. The van der Waals surface area contributed by atoms with Gasteiger partial charge in [-0.15, -0.1) is 0 Å². The van der Waals surface area contributed by atoms with Crippen molar-refractivity contribution < 1.29 is 0 Å². The number of fused-ring (bicyclic) bond motifs is 2. The summed E-state index contributed by atoms with van der Waals surface area (Å²) in [6.45, 7) is 0. The van der Waals surface area contributed by atoms with E-state index in [1.165, 1.54) is 66.4 Å². The van der Waals surface area contributed by atoms with E-state index in [0.717, 1.165) is 6.42 Å². The van der Waals surface area contributed by atoms with E-state index in [-0.39, 0.29) is 0 Å². The quantitative estimate of drug-likeness (QED) is 0.164. The van der Waals surface area contributed by atoms with Gasteiger partial charge in [0.15, 0.2) is 0 Å². The summed E-state index contributed by atoms with van der Waals surface area (Å²) < 4.78 is 0. The average molecular weight is 602 g/mol. The van der Waals surface area contributed by atoms with Gasteiger partial charge in [-0.3, -0.25) is 0 Å². The predicted molar refractivity (Wildman–Crippen MR) is 202 cm³/mol. The number of hydrogen-bond donors (Lipinski definition) is 0. The smallest absolute Gasteiger partial charge is 0.0461 e. The van der Waals surface area contributed by atoms with Crippen LogP contribution in [-0.2, 0) is 0 Å². The molecule has 1 atom stereocenters.